The largest absolute Gasteiger partial charge is 0.417 e. The number of ether oxygens (including phenoxy) is 1. The summed E-state index contributed by atoms with van der Waals surface area (Å²) in [5, 5.41) is 8.75. The highest BCUT2D eigenvalue weighted by molar-refractivity contribution is 5.00. The van der Waals surface area contributed by atoms with Gasteiger partial charge in [0.05, 0.1) is 13.2 Å². The van der Waals surface area contributed by atoms with Gasteiger partial charge in [0.25, 0.3) is 0 Å². The second-order valence-electron chi connectivity index (χ2n) is 6.88. The summed E-state index contributed by atoms with van der Waals surface area (Å²) >= 11 is 0. The number of rotatable bonds is 5. The number of aliphatic hydroxyl groups excluding tert-OH is 1. The standard InChI is InChI=1S/C15H25F3O2/c1-9-10(2)13-7-11(9)6-12(13)8-14(3,15(16,17)18)20-5-4-19/h9-13,19H,4-8H2,1-3H3. The molecule has 0 aliphatic heterocycles. The Morgan fingerprint density at radius 2 is 1.80 bits per heavy atom. The molecular formula is C15H25F3O2. The average molecular weight is 294 g/mol. The van der Waals surface area contributed by atoms with Crippen LogP contribution in [-0.2, 0) is 4.74 Å². The van der Waals surface area contributed by atoms with Gasteiger partial charge in [0.15, 0.2) is 5.60 Å². The Balaban J connectivity index is 2.06. The van der Waals surface area contributed by atoms with Gasteiger partial charge in [-0.25, -0.2) is 0 Å². The van der Waals surface area contributed by atoms with Gasteiger partial charge < -0.3 is 9.84 Å². The number of aliphatic hydroxyl groups is 1. The van der Waals surface area contributed by atoms with Crippen LogP contribution in [0.4, 0.5) is 13.2 Å². The first-order valence-corrected chi connectivity index (χ1v) is 7.51. The predicted molar refractivity (Wildman–Crippen MR) is 70.1 cm³/mol. The maximum absolute atomic E-state index is 13.3. The Morgan fingerprint density at radius 1 is 1.15 bits per heavy atom. The van der Waals surface area contributed by atoms with Gasteiger partial charge in [0.2, 0.25) is 0 Å². The summed E-state index contributed by atoms with van der Waals surface area (Å²) < 4.78 is 44.9. The second-order valence-corrected chi connectivity index (χ2v) is 6.88. The molecule has 0 heterocycles. The molecule has 0 aromatic carbocycles. The van der Waals surface area contributed by atoms with E-state index in [1.165, 1.54) is 0 Å². The van der Waals surface area contributed by atoms with Gasteiger partial charge in [-0.1, -0.05) is 13.8 Å². The van der Waals surface area contributed by atoms with E-state index < -0.39 is 11.8 Å². The molecule has 5 heteroatoms. The van der Waals surface area contributed by atoms with Crippen molar-refractivity contribution in [3.05, 3.63) is 0 Å². The highest BCUT2D eigenvalue weighted by Crippen LogP contribution is 2.57. The molecule has 2 aliphatic rings. The van der Waals surface area contributed by atoms with Crippen LogP contribution in [0.1, 0.15) is 40.0 Å². The zero-order valence-corrected chi connectivity index (χ0v) is 12.4. The SMILES string of the molecule is CC1C2CC(CC(C)(OCCO)C(F)(F)F)C(C2)C1C. The molecule has 2 nitrogen and oxygen atoms in total. The molecular weight excluding hydrogens is 269 g/mol. The highest BCUT2D eigenvalue weighted by atomic mass is 19.4. The molecule has 2 aliphatic carbocycles. The third-order valence-corrected chi connectivity index (χ3v) is 5.80. The minimum atomic E-state index is -4.39. The minimum Gasteiger partial charge on any atom is -0.394 e. The quantitative estimate of drug-likeness (QED) is 0.839. The van der Waals surface area contributed by atoms with E-state index in [0.717, 1.165) is 19.8 Å². The number of hydrogen-bond acceptors (Lipinski definition) is 2. The summed E-state index contributed by atoms with van der Waals surface area (Å²) in [6, 6.07) is 0. The van der Waals surface area contributed by atoms with Gasteiger partial charge in [-0.2, -0.15) is 13.2 Å². The van der Waals surface area contributed by atoms with Crippen molar-refractivity contribution in [3.8, 4) is 0 Å². The third kappa shape index (κ3) is 2.71. The fraction of sp³-hybridized carbons (Fsp3) is 1.00. The summed E-state index contributed by atoms with van der Waals surface area (Å²) in [7, 11) is 0. The van der Waals surface area contributed by atoms with Crippen molar-refractivity contribution in [2.75, 3.05) is 13.2 Å². The van der Waals surface area contributed by atoms with Crippen LogP contribution < -0.4 is 0 Å². The summed E-state index contributed by atoms with van der Waals surface area (Å²) in [4.78, 5) is 0. The lowest BCUT2D eigenvalue weighted by Crippen LogP contribution is -2.48. The second kappa shape index (κ2) is 5.48. The smallest absolute Gasteiger partial charge is 0.394 e. The lowest BCUT2D eigenvalue weighted by molar-refractivity contribution is -0.279. The van der Waals surface area contributed by atoms with Gasteiger partial charge in [0, 0.05) is 0 Å². The van der Waals surface area contributed by atoms with Crippen molar-refractivity contribution in [2.45, 2.75) is 51.8 Å². The molecule has 20 heavy (non-hydrogen) atoms. The van der Waals surface area contributed by atoms with Gasteiger partial charge in [-0.05, 0) is 55.8 Å². The summed E-state index contributed by atoms with van der Waals surface area (Å²) in [6.45, 7) is 4.87. The Hall–Kier alpha value is -0.290. The maximum atomic E-state index is 13.3. The summed E-state index contributed by atoms with van der Waals surface area (Å²) in [5.41, 5.74) is -2.13. The molecule has 1 N–H and O–H groups in total. The monoisotopic (exact) mass is 294 g/mol. The van der Waals surface area contributed by atoms with E-state index in [1.54, 1.807) is 0 Å². The topological polar surface area (TPSA) is 29.5 Å². The summed E-state index contributed by atoms with van der Waals surface area (Å²) in [6.07, 6.45) is -2.40. The van der Waals surface area contributed by atoms with E-state index in [2.05, 4.69) is 13.8 Å². The fourth-order valence-corrected chi connectivity index (χ4v) is 4.36. The van der Waals surface area contributed by atoms with Crippen molar-refractivity contribution >= 4 is 0 Å². The van der Waals surface area contributed by atoms with Crippen LogP contribution >= 0.6 is 0 Å². The molecule has 118 valence electrons. The first kappa shape index (κ1) is 16.1. The van der Waals surface area contributed by atoms with E-state index in [0.29, 0.717) is 23.7 Å². The molecule has 6 unspecified atom stereocenters. The van der Waals surface area contributed by atoms with Gasteiger partial charge in [-0.3, -0.25) is 0 Å². The van der Waals surface area contributed by atoms with Crippen LogP contribution in [0, 0.1) is 29.6 Å². The van der Waals surface area contributed by atoms with Gasteiger partial charge in [-0.15, -0.1) is 0 Å². The first-order valence-electron chi connectivity index (χ1n) is 7.51. The average Bonchev–Trinajstić information content (AvgIpc) is 2.86. The van der Waals surface area contributed by atoms with Crippen LogP contribution in [0.15, 0.2) is 0 Å². The highest BCUT2D eigenvalue weighted by Gasteiger charge is 2.57. The van der Waals surface area contributed by atoms with Crippen LogP contribution in [0.3, 0.4) is 0 Å². The summed E-state index contributed by atoms with van der Waals surface area (Å²) in [5.74, 6) is 2.21. The Kier molecular flexibility index (Phi) is 4.41. The van der Waals surface area contributed by atoms with E-state index in [4.69, 9.17) is 9.84 Å². The van der Waals surface area contributed by atoms with Crippen molar-refractivity contribution in [1.82, 2.24) is 0 Å². The molecule has 0 radical (unpaired) electrons. The number of hydrogen-bond donors (Lipinski definition) is 1. The van der Waals surface area contributed by atoms with Gasteiger partial charge >= 0.3 is 6.18 Å². The number of fused-ring (bicyclic) bond motifs is 2. The molecule has 0 aromatic rings. The van der Waals surface area contributed by atoms with Crippen LogP contribution in [0.25, 0.3) is 0 Å². The number of alkyl halides is 3. The lowest BCUT2D eigenvalue weighted by Gasteiger charge is -2.39. The van der Waals surface area contributed by atoms with Crippen molar-refractivity contribution in [1.29, 1.82) is 0 Å². The molecule has 6 atom stereocenters. The molecule has 0 spiro atoms. The Labute approximate surface area is 118 Å². The molecule has 0 aromatic heterocycles. The predicted octanol–water partition coefficient (Wildman–Crippen LogP) is 3.63. The number of halogens is 3. The van der Waals surface area contributed by atoms with Crippen molar-refractivity contribution in [3.63, 3.8) is 0 Å². The van der Waals surface area contributed by atoms with E-state index in [1.807, 2.05) is 0 Å². The maximum Gasteiger partial charge on any atom is 0.417 e. The van der Waals surface area contributed by atoms with E-state index >= 15 is 0 Å². The van der Waals surface area contributed by atoms with Crippen molar-refractivity contribution < 1.29 is 23.0 Å². The molecule has 2 fully saturated rings. The van der Waals surface area contributed by atoms with E-state index in [-0.39, 0.29) is 25.6 Å². The normalized spacial score (nSPS) is 40.0. The fourth-order valence-electron chi connectivity index (χ4n) is 4.36. The molecule has 2 bridgehead atoms. The molecule has 0 amide bonds. The molecule has 2 rings (SSSR count). The van der Waals surface area contributed by atoms with Gasteiger partial charge in [0.1, 0.15) is 0 Å². The Morgan fingerprint density at radius 3 is 2.25 bits per heavy atom. The van der Waals surface area contributed by atoms with Crippen LogP contribution in [0.2, 0.25) is 0 Å². The van der Waals surface area contributed by atoms with E-state index in [9.17, 15) is 13.2 Å². The first-order chi connectivity index (χ1) is 9.19. The third-order valence-electron chi connectivity index (χ3n) is 5.80. The zero-order valence-electron chi connectivity index (χ0n) is 12.4. The van der Waals surface area contributed by atoms with Crippen LogP contribution in [-0.4, -0.2) is 30.1 Å². The minimum absolute atomic E-state index is 0.0225. The van der Waals surface area contributed by atoms with Crippen LogP contribution in [0.5, 0.6) is 0 Å². The Bertz CT molecular complexity index is 343. The molecule has 0 saturated heterocycles. The zero-order chi connectivity index (χ0) is 15.1. The molecule has 2 saturated carbocycles. The lowest BCUT2D eigenvalue weighted by atomic mass is 9.72. The van der Waals surface area contributed by atoms with Crippen molar-refractivity contribution in [2.24, 2.45) is 29.6 Å².